The number of imide groups is 1. The number of methoxy groups -OCH3 is 1. The van der Waals surface area contributed by atoms with Crippen LogP contribution in [0.2, 0.25) is 0 Å². The lowest BCUT2D eigenvalue weighted by atomic mass is 10.1. The lowest BCUT2D eigenvalue weighted by Gasteiger charge is -2.12. The van der Waals surface area contributed by atoms with E-state index in [1.807, 2.05) is 0 Å². The first kappa shape index (κ1) is 24.2. The minimum Gasteiger partial charge on any atom is -0.465 e. The monoisotopic (exact) mass is 473 g/mol. The topological polar surface area (TPSA) is 106 Å². The first-order valence-corrected chi connectivity index (χ1v) is 9.75. The standard InChI is InChI=1S/C23H18F3N3O5/c1-34-21(32)17-7-2-3-8-18(17)27-22(33)28-20(31)15-6-4-5-14(11-15)12-29-13-16(23(24,25)26)9-10-19(29)30/h2-11,13H,12H2,1H3,(H2,27,28,31,33). The highest BCUT2D eigenvalue weighted by molar-refractivity contribution is 6.09. The van der Waals surface area contributed by atoms with Crippen LogP contribution < -0.4 is 16.2 Å². The summed E-state index contributed by atoms with van der Waals surface area (Å²) in [6, 6.07) is 12.3. The molecule has 0 bridgehead atoms. The molecule has 0 radical (unpaired) electrons. The van der Waals surface area contributed by atoms with Gasteiger partial charge in [-0.1, -0.05) is 24.3 Å². The summed E-state index contributed by atoms with van der Waals surface area (Å²) in [6.07, 6.45) is -3.92. The van der Waals surface area contributed by atoms with Gasteiger partial charge in [-0.25, -0.2) is 9.59 Å². The number of carbonyl (C=O) groups excluding carboxylic acids is 3. The van der Waals surface area contributed by atoms with Crippen molar-refractivity contribution in [2.24, 2.45) is 0 Å². The Morgan fingerprint density at radius 1 is 1.00 bits per heavy atom. The molecule has 0 saturated carbocycles. The van der Waals surface area contributed by atoms with Gasteiger partial charge in [0.25, 0.3) is 11.5 Å². The number of amides is 3. The molecule has 34 heavy (non-hydrogen) atoms. The summed E-state index contributed by atoms with van der Waals surface area (Å²) in [7, 11) is 1.18. The maximum absolute atomic E-state index is 12.9. The molecule has 0 aliphatic heterocycles. The lowest BCUT2D eigenvalue weighted by molar-refractivity contribution is -0.138. The molecule has 176 valence electrons. The largest absolute Gasteiger partial charge is 0.465 e. The van der Waals surface area contributed by atoms with Gasteiger partial charge >= 0.3 is 18.2 Å². The van der Waals surface area contributed by atoms with Crippen LogP contribution in [0.3, 0.4) is 0 Å². The van der Waals surface area contributed by atoms with Crippen molar-refractivity contribution in [1.29, 1.82) is 0 Å². The zero-order valence-corrected chi connectivity index (χ0v) is 17.7. The van der Waals surface area contributed by atoms with E-state index in [2.05, 4.69) is 15.4 Å². The SMILES string of the molecule is COC(=O)c1ccccc1NC(=O)NC(=O)c1cccc(Cn2cc(C(F)(F)F)ccc2=O)c1. The molecular weight excluding hydrogens is 455 g/mol. The zero-order valence-electron chi connectivity index (χ0n) is 17.7. The number of hydrogen-bond acceptors (Lipinski definition) is 5. The Hall–Kier alpha value is -4.41. The molecule has 0 unspecified atom stereocenters. The van der Waals surface area contributed by atoms with Gasteiger partial charge < -0.3 is 14.6 Å². The number of alkyl halides is 3. The third kappa shape index (κ3) is 5.88. The molecule has 0 saturated heterocycles. The Morgan fingerprint density at radius 3 is 2.44 bits per heavy atom. The van der Waals surface area contributed by atoms with Crippen molar-refractivity contribution in [3.63, 3.8) is 0 Å². The van der Waals surface area contributed by atoms with Crippen molar-refractivity contribution in [3.05, 3.63) is 99.5 Å². The predicted octanol–water partition coefficient (Wildman–Crippen LogP) is 3.66. The Labute approximate surface area is 191 Å². The molecule has 11 heteroatoms. The van der Waals surface area contributed by atoms with Gasteiger partial charge in [0.05, 0.1) is 30.5 Å². The molecule has 2 aromatic carbocycles. The fourth-order valence-electron chi connectivity index (χ4n) is 3.04. The molecule has 3 aromatic rings. The molecule has 1 aromatic heterocycles. The average Bonchev–Trinajstić information content (AvgIpc) is 2.79. The van der Waals surface area contributed by atoms with Crippen molar-refractivity contribution < 1.29 is 32.3 Å². The van der Waals surface area contributed by atoms with Crippen LogP contribution in [0.25, 0.3) is 0 Å². The van der Waals surface area contributed by atoms with Crippen LogP contribution in [0.4, 0.5) is 23.7 Å². The molecule has 8 nitrogen and oxygen atoms in total. The van der Waals surface area contributed by atoms with E-state index in [0.29, 0.717) is 17.8 Å². The number of ether oxygens (including phenoxy) is 1. The molecular formula is C23H18F3N3O5. The Balaban J connectivity index is 1.73. The smallest absolute Gasteiger partial charge is 0.417 e. The van der Waals surface area contributed by atoms with Crippen LogP contribution in [0.5, 0.6) is 0 Å². The second-order valence-corrected chi connectivity index (χ2v) is 7.03. The fourth-order valence-corrected chi connectivity index (χ4v) is 3.04. The van der Waals surface area contributed by atoms with E-state index in [-0.39, 0.29) is 23.4 Å². The number of urea groups is 1. The molecule has 3 amide bonds. The van der Waals surface area contributed by atoms with E-state index in [0.717, 1.165) is 10.6 Å². The molecule has 0 fully saturated rings. The van der Waals surface area contributed by atoms with Gasteiger partial charge in [0.15, 0.2) is 0 Å². The van der Waals surface area contributed by atoms with E-state index in [9.17, 15) is 32.3 Å². The number of nitrogens with zero attached hydrogens (tertiary/aromatic N) is 1. The first-order valence-electron chi connectivity index (χ1n) is 9.75. The molecule has 2 N–H and O–H groups in total. The van der Waals surface area contributed by atoms with Crippen molar-refractivity contribution in [3.8, 4) is 0 Å². The van der Waals surface area contributed by atoms with Crippen LogP contribution >= 0.6 is 0 Å². The highest BCUT2D eigenvalue weighted by atomic mass is 19.4. The summed E-state index contributed by atoms with van der Waals surface area (Å²) in [4.78, 5) is 48.5. The third-order valence-corrected chi connectivity index (χ3v) is 4.66. The molecule has 0 atom stereocenters. The van der Waals surface area contributed by atoms with Gasteiger partial charge in [0.1, 0.15) is 0 Å². The van der Waals surface area contributed by atoms with Gasteiger partial charge in [-0.2, -0.15) is 13.2 Å². The molecule has 0 spiro atoms. The lowest BCUT2D eigenvalue weighted by Crippen LogP contribution is -2.34. The van der Waals surface area contributed by atoms with Crippen LogP contribution in [0, 0.1) is 0 Å². The quantitative estimate of drug-likeness (QED) is 0.550. The summed E-state index contributed by atoms with van der Waals surface area (Å²) in [5, 5.41) is 4.49. The van der Waals surface area contributed by atoms with Crippen LogP contribution in [-0.4, -0.2) is 29.6 Å². The van der Waals surface area contributed by atoms with E-state index in [4.69, 9.17) is 0 Å². The molecule has 0 aliphatic carbocycles. The number of pyridine rings is 1. The third-order valence-electron chi connectivity index (χ3n) is 4.66. The van der Waals surface area contributed by atoms with Crippen molar-refractivity contribution in [2.45, 2.75) is 12.7 Å². The summed E-state index contributed by atoms with van der Waals surface area (Å²) in [5.41, 5.74) is -1.02. The Bertz CT molecular complexity index is 1300. The van der Waals surface area contributed by atoms with Crippen molar-refractivity contribution in [1.82, 2.24) is 9.88 Å². The number of carbonyl (C=O) groups is 3. The van der Waals surface area contributed by atoms with Crippen LogP contribution in [0.1, 0.15) is 31.8 Å². The number of rotatable bonds is 5. The molecule has 0 aliphatic rings. The van der Waals surface area contributed by atoms with Gasteiger partial charge in [0.2, 0.25) is 0 Å². The van der Waals surface area contributed by atoms with E-state index in [1.54, 1.807) is 12.1 Å². The summed E-state index contributed by atoms with van der Waals surface area (Å²) < 4.78 is 44.3. The number of para-hydroxylation sites is 1. The minimum absolute atomic E-state index is 0.0360. The maximum Gasteiger partial charge on any atom is 0.417 e. The second kappa shape index (κ2) is 10.0. The first-order chi connectivity index (χ1) is 16.1. The summed E-state index contributed by atoms with van der Waals surface area (Å²) in [6.45, 7) is -0.220. The van der Waals surface area contributed by atoms with E-state index in [1.165, 1.54) is 43.5 Å². The number of anilines is 1. The minimum atomic E-state index is -4.61. The van der Waals surface area contributed by atoms with Gasteiger partial charge in [-0.3, -0.25) is 14.9 Å². The van der Waals surface area contributed by atoms with Gasteiger partial charge in [-0.15, -0.1) is 0 Å². The van der Waals surface area contributed by atoms with E-state index < -0.39 is 35.2 Å². The highest BCUT2D eigenvalue weighted by Crippen LogP contribution is 2.28. The number of hydrogen-bond donors (Lipinski definition) is 2. The van der Waals surface area contributed by atoms with Gasteiger partial charge in [0, 0.05) is 17.8 Å². The van der Waals surface area contributed by atoms with E-state index >= 15 is 0 Å². The number of benzene rings is 2. The van der Waals surface area contributed by atoms with Crippen molar-refractivity contribution in [2.75, 3.05) is 12.4 Å². The predicted molar refractivity (Wildman–Crippen MR) is 116 cm³/mol. The normalized spacial score (nSPS) is 10.9. The van der Waals surface area contributed by atoms with Crippen LogP contribution in [-0.2, 0) is 17.5 Å². The molecule has 3 rings (SSSR count). The van der Waals surface area contributed by atoms with Crippen molar-refractivity contribution >= 4 is 23.6 Å². The molecule has 1 heterocycles. The van der Waals surface area contributed by atoms with Crippen LogP contribution in [0.15, 0.2) is 71.7 Å². The number of esters is 1. The Morgan fingerprint density at radius 2 is 1.74 bits per heavy atom. The highest BCUT2D eigenvalue weighted by Gasteiger charge is 2.31. The van der Waals surface area contributed by atoms with Gasteiger partial charge in [-0.05, 0) is 35.9 Å². The zero-order chi connectivity index (χ0) is 24.9. The summed E-state index contributed by atoms with van der Waals surface area (Å²) in [5.74, 6) is -1.48. The second-order valence-electron chi connectivity index (χ2n) is 7.03. The Kier molecular flexibility index (Phi) is 7.15. The number of nitrogens with one attached hydrogen (secondary N) is 2. The number of halogens is 3. The maximum atomic E-state index is 12.9. The summed E-state index contributed by atoms with van der Waals surface area (Å²) >= 11 is 0. The average molecular weight is 473 g/mol. The number of aromatic nitrogens is 1. The fraction of sp³-hybridized carbons (Fsp3) is 0.130.